The van der Waals surface area contributed by atoms with Gasteiger partial charge in [-0.3, -0.25) is 19.2 Å². The van der Waals surface area contributed by atoms with E-state index in [4.69, 9.17) is 30.5 Å². The maximum Gasteiger partial charge on any atom is 0.308 e. The lowest BCUT2D eigenvalue weighted by Gasteiger charge is -2.28. The largest absolute Gasteiger partial charge is 0.427 e. The summed E-state index contributed by atoms with van der Waals surface area (Å²) in [5.74, 6) is 0.547. The summed E-state index contributed by atoms with van der Waals surface area (Å²) in [6, 6.07) is 14.7. The molecule has 0 aliphatic rings. The van der Waals surface area contributed by atoms with Crippen LogP contribution >= 0.6 is 34.3 Å². The topological polar surface area (TPSA) is 209 Å². The molecule has 0 radical (unpaired) electrons. The summed E-state index contributed by atoms with van der Waals surface area (Å²) in [5.41, 5.74) is 0. The lowest BCUT2D eigenvalue weighted by Crippen LogP contribution is -2.36. The van der Waals surface area contributed by atoms with E-state index in [0.717, 1.165) is 33.5 Å². The molecule has 4 rings (SSSR count). The van der Waals surface area contributed by atoms with Gasteiger partial charge < -0.3 is 18.9 Å². The van der Waals surface area contributed by atoms with Crippen LogP contribution in [0.2, 0.25) is 51.4 Å². The first-order valence-corrected chi connectivity index (χ1v) is 36.1. The summed E-state index contributed by atoms with van der Waals surface area (Å²) < 4.78 is 75.5. The third-order valence-electron chi connectivity index (χ3n) is 9.48. The van der Waals surface area contributed by atoms with Gasteiger partial charge in [0.25, 0.3) is 20.0 Å². The van der Waals surface area contributed by atoms with E-state index in [1.54, 1.807) is 0 Å². The van der Waals surface area contributed by atoms with E-state index in [1.165, 1.54) is 91.1 Å². The van der Waals surface area contributed by atoms with Crippen molar-refractivity contribution < 1.29 is 45.4 Å². The quantitative estimate of drug-likeness (QED) is 0.0183. The Morgan fingerprint density at radius 3 is 1.44 bits per heavy atom. The van der Waals surface area contributed by atoms with Crippen molar-refractivity contribution in [2.45, 2.75) is 169 Å². The first-order valence-electron chi connectivity index (χ1n) is 23.6. The number of sulfonamides is 2. The predicted molar refractivity (Wildman–Crippen MR) is 302 cm³/mol. The van der Waals surface area contributed by atoms with E-state index in [-0.39, 0.29) is 57.5 Å². The fourth-order valence-corrected chi connectivity index (χ4v) is 11.6. The number of benzene rings is 2. The molecule has 0 fully saturated rings. The maximum atomic E-state index is 13.3. The minimum Gasteiger partial charge on any atom is -0.427 e. The highest BCUT2D eigenvalue weighted by molar-refractivity contribution is 7.93. The summed E-state index contributed by atoms with van der Waals surface area (Å²) in [7, 11) is -9.88. The maximum absolute atomic E-state index is 13.3. The fraction of sp³-hybridized carbons (Fsp3) is 0.625. The molecule has 0 amide bonds. The van der Waals surface area contributed by atoms with Crippen LogP contribution in [-0.4, -0.2) is 121 Å². The van der Waals surface area contributed by atoms with Gasteiger partial charge >= 0.3 is 11.9 Å². The van der Waals surface area contributed by atoms with E-state index in [2.05, 4.69) is 104 Å². The molecule has 0 atom stereocenters. The van der Waals surface area contributed by atoms with E-state index >= 15 is 0 Å². The van der Waals surface area contributed by atoms with Crippen molar-refractivity contribution in [2.24, 2.45) is 0 Å². The number of carbonyl (C=O) groups is 2. The Bertz CT molecular complexity index is 2390. The molecule has 1 N–H and O–H groups in total. The van der Waals surface area contributed by atoms with Crippen molar-refractivity contribution >= 4 is 92.7 Å². The molecular formula is C48H84ClN7O10S4Si2. The average Bonchev–Trinajstić information content (AvgIpc) is 3.93. The van der Waals surface area contributed by atoms with Crippen LogP contribution in [0.4, 0.5) is 10.3 Å². The number of carbonyl (C=O) groups excluding carboxylic acids is 2. The van der Waals surface area contributed by atoms with E-state index in [0.29, 0.717) is 31.2 Å². The van der Waals surface area contributed by atoms with Gasteiger partial charge in [0.1, 0.15) is 28.2 Å². The van der Waals surface area contributed by atoms with Crippen LogP contribution in [-0.2, 0) is 39.1 Å². The van der Waals surface area contributed by atoms with Crippen molar-refractivity contribution in [3.05, 3.63) is 58.5 Å². The Hall–Kier alpha value is -3.40. The number of ether oxygens (including phenoxy) is 4. The van der Waals surface area contributed by atoms with E-state index in [9.17, 15) is 26.4 Å². The van der Waals surface area contributed by atoms with Crippen LogP contribution in [0, 0.1) is 0 Å². The Balaban J connectivity index is 0.00000104. The van der Waals surface area contributed by atoms with Gasteiger partial charge in [0.15, 0.2) is 0 Å². The number of rotatable bonds is 23. The number of hydrogen-bond acceptors (Lipinski definition) is 17. The predicted octanol–water partition coefficient (Wildman–Crippen LogP) is 11.8. The van der Waals surface area contributed by atoms with Crippen molar-refractivity contribution in [2.75, 3.05) is 48.0 Å². The molecule has 24 heteroatoms. The molecule has 0 unspecified atom stereocenters. The first-order chi connectivity index (χ1) is 32.8. The molecule has 0 spiro atoms. The zero-order valence-electron chi connectivity index (χ0n) is 44.9. The van der Waals surface area contributed by atoms with Gasteiger partial charge in [-0.2, -0.15) is 0 Å². The van der Waals surface area contributed by atoms with Gasteiger partial charge in [0.2, 0.25) is 10.3 Å². The van der Waals surface area contributed by atoms with E-state index in [1.807, 2.05) is 27.7 Å². The summed E-state index contributed by atoms with van der Waals surface area (Å²) in [6.07, 6.45) is 0. The first kappa shape index (κ1) is 68.6. The Morgan fingerprint density at radius 2 is 1.08 bits per heavy atom. The van der Waals surface area contributed by atoms with Gasteiger partial charge in [0, 0.05) is 73.0 Å². The average molecular weight is 1140 g/mol. The standard InChI is InChI=1S/C19H29N3O5S2Si.C13H15N3O4S2.C8H19N.C7H17ClOSi.CH4/c1-14(2)18-20-21-19(28-18)22(13-26-11-12-30(4,5)6)29(24,25)17-9-7-16(8-10-17)27-15(3)23;1-8(2)12-14-15-13(21-12)16-22(18,19)11-6-4-10(5-7-11)20-9(3)17;1-6-9(7(2)3)8(4)5;1-10(2,3)7-6-9-5-4-8;/h7-10,14H,11-13H2,1-6H3;4-8H,1-3H3,(H,15,16);7-8H,6H2,1-5H3;4-7H2,1-3H3;1H4. The molecule has 410 valence electrons. The van der Waals surface area contributed by atoms with Gasteiger partial charge in [0.05, 0.1) is 16.4 Å². The van der Waals surface area contributed by atoms with Crippen LogP contribution < -0.4 is 18.5 Å². The molecule has 4 aromatic rings. The number of anilines is 2. The summed E-state index contributed by atoms with van der Waals surface area (Å²) in [6.45, 7) is 38.4. The normalized spacial score (nSPS) is 11.8. The summed E-state index contributed by atoms with van der Waals surface area (Å²) in [5, 5.41) is 17.9. The van der Waals surface area contributed by atoms with Crippen molar-refractivity contribution in [3.63, 3.8) is 0 Å². The minimum absolute atomic E-state index is 0. The zero-order chi connectivity index (χ0) is 54.3. The van der Waals surface area contributed by atoms with Gasteiger partial charge in [-0.05, 0) is 94.9 Å². The second-order valence-corrected chi connectivity index (χ2v) is 36.9. The second-order valence-electron chi connectivity index (χ2n) is 19.7. The van der Waals surface area contributed by atoms with Gasteiger partial charge in [-0.15, -0.1) is 32.0 Å². The molecule has 0 bridgehead atoms. The number of nitrogens with one attached hydrogen (secondary N) is 1. The van der Waals surface area contributed by atoms with Crippen LogP contribution in [0.25, 0.3) is 0 Å². The molecule has 2 aromatic carbocycles. The second kappa shape index (κ2) is 32.8. The lowest BCUT2D eigenvalue weighted by molar-refractivity contribution is -0.132. The summed E-state index contributed by atoms with van der Waals surface area (Å²) in [4.78, 5) is 24.5. The minimum atomic E-state index is -3.94. The highest BCUT2D eigenvalue weighted by Gasteiger charge is 2.29. The van der Waals surface area contributed by atoms with Crippen molar-refractivity contribution in [3.8, 4) is 11.5 Å². The van der Waals surface area contributed by atoms with Crippen LogP contribution in [0.15, 0.2) is 58.3 Å². The third kappa shape index (κ3) is 27.2. The SMILES string of the molecule is C.CC(=O)Oc1ccc(S(=O)(=O)N(COCC[Si](C)(C)C)c2nnc(C(C)C)s2)cc1.CC(=O)Oc1ccc(S(=O)(=O)Nc2nnc(C(C)C)s2)cc1.CCN(C(C)C)C(C)C.C[Si](C)(C)CCOCCCl. The Kier molecular flexibility index (Phi) is 31.3. The Morgan fingerprint density at radius 1 is 0.653 bits per heavy atom. The van der Waals surface area contributed by atoms with Gasteiger partial charge in [-0.1, -0.05) is 104 Å². The fourth-order valence-electron chi connectivity index (χ4n) is 5.68. The van der Waals surface area contributed by atoms with Crippen LogP contribution in [0.5, 0.6) is 11.5 Å². The number of aromatic nitrogens is 4. The van der Waals surface area contributed by atoms with Crippen LogP contribution in [0.1, 0.15) is 105 Å². The molecule has 2 heterocycles. The van der Waals surface area contributed by atoms with E-state index < -0.39 is 48.1 Å². The number of hydrogen-bond donors (Lipinski definition) is 1. The highest BCUT2D eigenvalue weighted by Crippen LogP contribution is 2.31. The Labute approximate surface area is 447 Å². The third-order valence-corrected chi connectivity index (χ3v) is 18.8. The molecule has 2 aromatic heterocycles. The van der Waals surface area contributed by atoms with Crippen molar-refractivity contribution in [1.29, 1.82) is 0 Å². The lowest BCUT2D eigenvalue weighted by atomic mass is 10.2. The summed E-state index contributed by atoms with van der Waals surface area (Å²) >= 11 is 7.86. The number of alkyl halides is 1. The molecule has 0 aliphatic heterocycles. The zero-order valence-corrected chi connectivity index (χ0v) is 50.9. The molecule has 17 nitrogen and oxygen atoms in total. The number of nitrogens with zero attached hydrogens (tertiary/aromatic N) is 6. The highest BCUT2D eigenvalue weighted by atomic mass is 35.5. The molecular weight excluding hydrogens is 1050 g/mol. The van der Waals surface area contributed by atoms with Gasteiger partial charge in [-0.25, -0.2) is 21.1 Å². The number of esters is 2. The molecule has 72 heavy (non-hydrogen) atoms. The monoisotopic (exact) mass is 1140 g/mol. The molecule has 0 saturated carbocycles. The smallest absolute Gasteiger partial charge is 0.308 e. The molecule has 0 aliphatic carbocycles. The molecule has 0 saturated heterocycles. The van der Waals surface area contributed by atoms with Crippen molar-refractivity contribution in [1.82, 2.24) is 25.3 Å². The number of halogens is 1. The van der Waals surface area contributed by atoms with Crippen LogP contribution in [0.3, 0.4) is 0 Å².